The van der Waals surface area contributed by atoms with Crippen molar-refractivity contribution in [3.63, 3.8) is 0 Å². The number of nitrogens with zero attached hydrogens (tertiary/aromatic N) is 1. The summed E-state index contributed by atoms with van der Waals surface area (Å²) >= 11 is 5.91. The lowest BCUT2D eigenvalue weighted by Crippen LogP contribution is -2.41. The average Bonchev–Trinajstić information content (AvgIpc) is 3.34. The zero-order valence-electron chi connectivity index (χ0n) is 13.1. The fourth-order valence-corrected chi connectivity index (χ4v) is 3.74. The molecule has 0 spiro atoms. The maximum atomic E-state index is 12.7. The molecule has 2 aliphatic rings. The van der Waals surface area contributed by atoms with E-state index in [0.717, 1.165) is 37.4 Å². The maximum absolute atomic E-state index is 12.7. The molecule has 1 heterocycles. The van der Waals surface area contributed by atoms with Crippen LogP contribution in [0, 0.1) is 11.8 Å². The summed E-state index contributed by atoms with van der Waals surface area (Å²) in [6.07, 6.45) is 3.79. The molecule has 1 aromatic rings. The van der Waals surface area contributed by atoms with E-state index < -0.39 is 5.97 Å². The average molecular weight is 336 g/mol. The zero-order valence-corrected chi connectivity index (χ0v) is 13.8. The second-order valence-corrected chi connectivity index (χ2v) is 7.16. The van der Waals surface area contributed by atoms with Gasteiger partial charge in [-0.05, 0) is 55.2 Å². The predicted octanol–water partition coefficient (Wildman–Crippen LogP) is 3.55. The minimum Gasteiger partial charge on any atom is -0.481 e. The van der Waals surface area contributed by atoms with Gasteiger partial charge in [0.05, 0.1) is 0 Å². The lowest BCUT2D eigenvalue weighted by atomic mass is 9.93. The topological polar surface area (TPSA) is 57.6 Å². The number of halogens is 1. The first kappa shape index (κ1) is 16.3. The molecular formula is C18H22ClNO3. The minimum atomic E-state index is -0.751. The molecule has 0 unspecified atom stereocenters. The molecule has 2 fully saturated rings. The third-order valence-electron chi connectivity index (χ3n) is 5.00. The molecule has 1 N–H and O–H groups in total. The Morgan fingerprint density at radius 2 is 2.00 bits per heavy atom. The Kier molecular flexibility index (Phi) is 4.90. The number of piperidine rings is 1. The fraction of sp³-hybridized carbons (Fsp3) is 0.556. The molecule has 1 aliphatic heterocycles. The van der Waals surface area contributed by atoms with Crippen LogP contribution in [0.5, 0.6) is 0 Å². The van der Waals surface area contributed by atoms with E-state index in [9.17, 15) is 9.59 Å². The Balaban J connectivity index is 1.54. The fourth-order valence-electron chi connectivity index (χ4n) is 3.61. The first-order chi connectivity index (χ1) is 11.0. The number of likely N-dealkylation sites (tertiary alicyclic amines) is 1. The third kappa shape index (κ3) is 4.05. The van der Waals surface area contributed by atoms with Crippen molar-refractivity contribution >= 4 is 23.5 Å². The van der Waals surface area contributed by atoms with Crippen molar-refractivity contribution in [2.75, 3.05) is 13.1 Å². The Hall–Kier alpha value is -1.55. The zero-order chi connectivity index (χ0) is 16.4. The number of amides is 1. The number of carbonyl (C=O) groups excluding carboxylic acids is 1. The Labute approximate surface area is 141 Å². The van der Waals surface area contributed by atoms with Gasteiger partial charge >= 0.3 is 5.97 Å². The van der Waals surface area contributed by atoms with E-state index in [-0.39, 0.29) is 18.2 Å². The van der Waals surface area contributed by atoms with Crippen molar-refractivity contribution in [1.82, 2.24) is 4.90 Å². The summed E-state index contributed by atoms with van der Waals surface area (Å²) in [6.45, 7) is 1.53. The monoisotopic (exact) mass is 335 g/mol. The number of hydrogen-bond acceptors (Lipinski definition) is 2. The summed E-state index contributed by atoms with van der Waals surface area (Å²) in [4.78, 5) is 25.3. The summed E-state index contributed by atoms with van der Waals surface area (Å²) < 4.78 is 0. The van der Waals surface area contributed by atoms with Gasteiger partial charge in [-0.3, -0.25) is 9.59 Å². The van der Waals surface area contributed by atoms with E-state index in [2.05, 4.69) is 0 Å². The van der Waals surface area contributed by atoms with Gasteiger partial charge in [0.1, 0.15) is 0 Å². The van der Waals surface area contributed by atoms with Crippen molar-refractivity contribution in [3.05, 3.63) is 34.9 Å². The second-order valence-electron chi connectivity index (χ2n) is 6.73. The molecule has 1 aromatic carbocycles. The van der Waals surface area contributed by atoms with Gasteiger partial charge in [0, 0.05) is 30.5 Å². The normalized spacial score (nSPS) is 26.8. The molecule has 1 amide bonds. The lowest BCUT2D eigenvalue weighted by Gasteiger charge is -2.33. The van der Waals surface area contributed by atoms with E-state index in [4.69, 9.17) is 16.7 Å². The van der Waals surface area contributed by atoms with Crippen LogP contribution in [0.15, 0.2) is 24.3 Å². The van der Waals surface area contributed by atoms with Crippen molar-refractivity contribution in [2.24, 2.45) is 11.8 Å². The molecule has 1 saturated heterocycles. The van der Waals surface area contributed by atoms with Gasteiger partial charge in [0.25, 0.3) is 0 Å². The molecule has 4 nitrogen and oxygen atoms in total. The number of benzene rings is 1. The number of carboxylic acids is 1. The predicted molar refractivity (Wildman–Crippen MR) is 88.5 cm³/mol. The first-order valence-electron chi connectivity index (χ1n) is 8.30. The van der Waals surface area contributed by atoms with Crippen LogP contribution < -0.4 is 0 Å². The van der Waals surface area contributed by atoms with E-state index in [1.54, 1.807) is 0 Å². The van der Waals surface area contributed by atoms with Gasteiger partial charge in [-0.15, -0.1) is 0 Å². The van der Waals surface area contributed by atoms with Crippen molar-refractivity contribution < 1.29 is 14.7 Å². The first-order valence-corrected chi connectivity index (χ1v) is 8.68. The molecule has 23 heavy (non-hydrogen) atoms. The number of hydrogen-bond donors (Lipinski definition) is 1. The van der Waals surface area contributed by atoms with E-state index in [1.165, 1.54) is 5.56 Å². The van der Waals surface area contributed by atoms with Gasteiger partial charge in [-0.1, -0.05) is 23.7 Å². The Morgan fingerprint density at radius 3 is 2.70 bits per heavy atom. The number of rotatable bonds is 5. The van der Waals surface area contributed by atoms with E-state index in [1.807, 2.05) is 29.2 Å². The molecule has 124 valence electrons. The summed E-state index contributed by atoms with van der Waals surface area (Å²) in [5.41, 5.74) is 1.19. The quantitative estimate of drug-likeness (QED) is 0.895. The van der Waals surface area contributed by atoms with E-state index >= 15 is 0 Å². The number of carboxylic acid groups (broad SMARTS) is 1. The van der Waals surface area contributed by atoms with Crippen LogP contribution in [0.2, 0.25) is 5.02 Å². The highest BCUT2D eigenvalue weighted by Crippen LogP contribution is 2.49. The minimum absolute atomic E-state index is 0.0920. The van der Waals surface area contributed by atoms with Crippen LogP contribution in [-0.2, 0) is 9.59 Å². The number of aliphatic carboxylic acids is 1. The van der Waals surface area contributed by atoms with Gasteiger partial charge in [0.2, 0.25) is 5.91 Å². The number of carbonyl (C=O) groups is 2. The standard InChI is InChI=1S/C18H22ClNO3/c19-14-6-4-13(5-7-14)15-10-16(15)18(23)20-9-1-2-12(11-20)3-8-17(21)22/h4-7,12,15-16H,1-3,8-11H2,(H,21,22)/t12-,15-,16+/m0/s1. The van der Waals surface area contributed by atoms with Crippen LogP contribution in [0.1, 0.15) is 43.6 Å². The molecule has 3 atom stereocenters. The second kappa shape index (κ2) is 6.91. The van der Waals surface area contributed by atoms with Crippen molar-refractivity contribution in [3.8, 4) is 0 Å². The summed E-state index contributed by atoms with van der Waals surface area (Å²) in [7, 11) is 0. The molecule has 1 saturated carbocycles. The lowest BCUT2D eigenvalue weighted by molar-refractivity contribution is -0.137. The van der Waals surface area contributed by atoms with Gasteiger partial charge in [-0.2, -0.15) is 0 Å². The summed E-state index contributed by atoms with van der Waals surface area (Å²) in [5, 5.41) is 9.52. The van der Waals surface area contributed by atoms with Crippen LogP contribution in [-0.4, -0.2) is 35.0 Å². The highest BCUT2D eigenvalue weighted by molar-refractivity contribution is 6.30. The summed E-state index contributed by atoms with van der Waals surface area (Å²) in [5.74, 6) is 0.230. The Morgan fingerprint density at radius 1 is 1.26 bits per heavy atom. The summed E-state index contributed by atoms with van der Waals surface area (Å²) in [6, 6.07) is 7.76. The van der Waals surface area contributed by atoms with Gasteiger partial charge in [-0.25, -0.2) is 0 Å². The largest absolute Gasteiger partial charge is 0.481 e. The molecule has 0 aromatic heterocycles. The van der Waals surface area contributed by atoms with Crippen molar-refractivity contribution in [2.45, 2.75) is 38.0 Å². The highest BCUT2D eigenvalue weighted by Gasteiger charge is 2.46. The van der Waals surface area contributed by atoms with Crippen molar-refractivity contribution in [1.29, 1.82) is 0 Å². The van der Waals surface area contributed by atoms with Crippen LogP contribution in [0.25, 0.3) is 0 Å². The highest BCUT2D eigenvalue weighted by atomic mass is 35.5. The Bertz CT molecular complexity index is 586. The maximum Gasteiger partial charge on any atom is 0.303 e. The smallest absolute Gasteiger partial charge is 0.303 e. The third-order valence-corrected chi connectivity index (χ3v) is 5.25. The van der Waals surface area contributed by atoms with Crippen LogP contribution >= 0.6 is 11.6 Å². The SMILES string of the molecule is O=C(O)CC[C@@H]1CCCN(C(=O)[C@@H]2C[C@H]2c2ccc(Cl)cc2)C1. The van der Waals surface area contributed by atoms with Gasteiger partial charge < -0.3 is 10.0 Å². The molecule has 1 aliphatic carbocycles. The molecule has 0 bridgehead atoms. The molecule has 5 heteroatoms. The van der Waals surface area contributed by atoms with Gasteiger partial charge in [0.15, 0.2) is 0 Å². The molecule has 3 rings (SSSR count). The molecular weight excluding hydrogens is 314 g/mol. The van der Waals surface area contributed by atoms with Crippen LogP contribution in [0.4, 0.5) is 0 Å². The van der Waals surface area contributed by atoms with E-state index in [0.29, 0.717) is 18.3 Å². The molecule has 0 radical (unpaired) electrons. The van der Waals surface area contributed by atoms with Crippen LogP contribution in [0.3, 0.4) is 0 Å².